The smallest absolute Gasteiger partial charge is 0.104 e. The molecule has 0 unspecified atom stereocenters. The molecule has 17 heavy (non-hydrogen) atoms. The van der Waals surface area contributed by atoms with E-state index < -0.39 is 0 Å². The summed E-state index contributed by atoms with van der Waals surface area (Å²) >= 11 is 5.08. The highest BCUT2D eigenvalue weighted by atomic mass is 32.1. The molecule has 0 bridgehead atoms. The number of nitrogens with zero attached hydrogens (tertiary/aromatic N) is 1. The van der Waals surface area contributed by atoms with Crippen LogP contribution in [0.15, 0.2) is 24.3 Å². The summed E-state index contributed by atoms with van der Waals surface area (Å²) < 4.78 is 0. The van der Waals surface area contributed by atoms with E-state index in [0.717, 1.165) is 12.1 Å². The van der Waals surface area contributed by atoms with Gasteiger partial charge in [-0.3, -0.25) is 4.90 Å². The van der Waals surface area contributed by atoms with Gasteiger partial charge < -0.3 is 5.73 Å². The van der Waals surface area contributed by atoms with Gasteiger partial charge in [-0.25, -0.2) is 0 Å². The Labute approximate surface area is 110 Å². The zero-order valence-corrected chi connectivity index (χ0v) is 11.8. The van der Waals surface area contributed by atoms with E-state index >= 15 is 0 Å². The van der Waals surface area contributed by atoms with Crippen molar-refractivity contribution < 1.29 is 0 Å². The fourth-order valence-electron chi connectivity index (χ4n) is 2.21. The molecule has 1 rings (SSSR count). The van der Waals surface area contributed by atoms with E-state index in [1.165, 1.54) is 18.4 Å². The number of nitrogens with two attached hydrogens (primary N) is 1. The Morgan fingerprint density at radius 1 is 1.29 bits per heavy atom. The normalized spacial score (nSPS) is 11.1. The maximum Gasteiger partial charge on any atom is 0.104 e. The lowest BCUT2D eigenvalue weighted by molar-refractivity contribution is 0.221. The first-order chi connectivity index (χ1) is 8.10. The summed E-state index contributed by atoms with van der Waals surface area (Å²) in [5.74, 6) is 0. The molecule has 1 aromatic rings. The molecule has 2 nitrogen and oxygen atoms in total. The van der Waals surface area contributed by atoms with E-state index in [4.69, 9.17) is 18.0 Å². The van der Waals surface area contributed by atoms with Crippen molar-refractivity contribution in [2.24, 2.45) is 5.73 Å². The van der Waals surface area contributed by atoms with E-state index in [9.17, 15) is 0 Å². The zero-order valence-electron chi connectivity index (χ0n) is 10.9. The lowest BCUT2D eigenvalue weighted by atomic mass is 10.1. The van der Waals surface area contributed by atoms with Crippen molar-refractivity contribution in [2.45, 2.75) is 39.3 Å². The molecule has 0 aliphatic rings. The Kier molecular flexibility index (Phi) is 5.59. The van der Waals surface area contributed by atoms with Crippen LogP contribution in [0.25, 0.3) is 0 Å². The monoisotopic (exact) mass is 250 g/mol. The lowest BCUT2D eigenvalue weighted by Gasteiger charge is -2.26. The van der Waals surface area contributed by atoms with Crippen LogP contribution >= 0.6 is 12.2 Å². The maximum atomic E-state index is 5.74. The van der Waals surface area contributed by atoms with E-state index in [2.05, 4.69) is 31.9 Å². The highest BCUT2D eigenvalue weighted by Gasteiger charge is 2.13. The summed E-state index contributed by atoms with van der Waals surface area (Å²) in [4.78, 5) is 2.86. The molecule has 0 radical (unpaired) electrons. The third kappa shape index (κ3) is 3.79. The minimum atomic E-state index is 0.485. The summed E-state index contributed by atoms with van der Waals surface area (Å²) in [6.07, 6.45) is 2.34. The molecule has 0 saturated heterocycles. The van der Waals surface area contributed by atoms with Gasteiger partial charge in [-0.05, 0) is 25.5 Å². The van der Waals surface area contributed by atoms with Crippen LogP contribution < -0.4 is 5.73 Å². The maximum absolute atomic E-state index is 5.74. The van der Waals surface area contributed by atoms with Gasteiger partial charge in [0, 0.05) is 18.2 Å². The Morgan fingerprint density at radius 2 is 1.88 bits per heavy atom. The van der Waals surface area contributed by atoms with Gasteiger partial charge in [0.15, 0.2) is 0 Å². The lowest BCUT2D eigenvalue weighted by Crippen LogP contribution is -2.30. The molecule has 0 aromatic heterocycles. The van der Waals surface area contributed by atoms with Crippen LogP contribution in [0.1, 0.15) is 37.8 Å². The first-order valence-electron chi connectivity index (χ1n) is 6.18. The van der Waals surface area contributed by atoms with E-state index in [1.54, 1.807) is 0 Å². The van der Waals surface area contributed by atoms with Gasteiger partial charge >= 0.3 is 0 Å². The molecule has 0 saturated carbocycles. The first-order valence-corrected chi connectivity index (χ1v) is 6.58. The van der Waals surface area contributed by atoms with Gasteiger partial charge in [-0.2, -0.15) is 0 Å². The van der Waals surface area contributed by atoms with Crippen LogP contribution in [0.4, 0.5) is 0 Å². The van der Waals surface area contributed by atoms with Crippen molar-refractivity contribution in [3.63, 3.8) is 0 Å². The molecule has 0 amide bonds. The fraction of sp³-hybridized carbons (Fsp3) is 0.500. The number of benzene rings is 1. The predicted molar refractivity (Wildman–Crippen MR) is 78.2 cm³/mol. The summed E-state index contributed by atoms with van der Waals surface area (Å²) in [7, 11) is 2.16. The Bertz CT molecular complexity index is 372. The summed E-state index contributed by atoms with van der Waals surface area (Å²) in [6.45, 7) is 5.36. The van der Waals surface area contributed by atoms with Gasteiger partial charge in [0.2, 0.25) is 0 Å². The molecular formula is C14H22N2S. The number of thiocarbonyl (C=S) groups is 1. The molecule has 94 valence electrons. The van der Waals surface area contributed by atoms with Crippen molar-refractivity contribution in [3.05, 3.63) is 35.4 Å². The second-order valence-electron chi connectivity index (χ2n) is 4.41. The highest BCUT2D eigenvalue weighted by Crippen LogP contribution is 2.15. The number of hydrogen-bond donors (Lipinski definition) is 1. The second kappa shape index (κ2) is 6.72. The molecule has 0 aliphatic heterocycles. The Balaban J connectivity index is 2.84. The molecule has 0 atom stereocenters. The summed E-state index contributed by atoms with van der Waals surface area (Å²) in [5, 5.41) is 0. The third-order valence-corrected chi connectivity index (χ3v) is 3.49. The zero-order chi connectivity index (χ0) is 12.8. The van der Waals surface area contributed by atoms with Crippen molar-refractivity contribution in [1.29, 1.82) is 0 Å². The topological polar surface area (TPSA) is 29.3 Å². The van der Waals surface area contributed by atoms with E-state index in [-0.39, 0.29) is 0 Å². The number of rotatable bonds is 6. The van der Waals surface area contributed by atoms with Crippen molar-refractivity contribution >= 4 is 17.2 Å². The third-order valence-electron chi connectivity index (χ3n) is 3.27. The number of hydrogen-bond acceptors (Lipinski definition) is 2. The summed E-state index contributed by atoms with van der Waals surface area (Å²) in [6, 6.07) is 8.74. The molecular weight excluding hydrogens is 228 g/mol. The van der Waals surface area contributed by atoms with Gasteiger partial charge in [0.25, 0.3) is 0 Å². The van der Waals surface area contributed by atoms with Crippen LogP contribution in [0, 0.1) is 0 Å². The predicted octanol–water partition coefficient (Wildman–Crippen LogP) is 2.94. The largest absolute Gasteiger partial charge is 0.389 e. The van der Waals surface area contributed by atoms with Crippen LogP contribution in [0.3, 0.4) is 0 Å². The summed E-state index contributed by atoms with van der Waals surface area (Å²) in [5.41, 5.74) is 7.96. The molecule has 0 spiro atoms. The van der Waals surface area contributed by atoms with Gasteiger partial charge in [-0.1, -0.05) is 50.3 Å². The average Bonchev–Trinajstić information content (AvgIpc) is 2.31. The molecule has 0 aliphatic carbocycles. The first kappa shape index (κ1) is 14.1. The van der Waals surface area contributed by atoms with Crippen LogP contribution in [0.5, 0.6) is 0 Å². The SMILES string of the molecule is CCC(CC)N(C)Cc1ccccc1C(N)=S. The molecule has 3 heteroatoms. The van der Waals surface area contributed by atoms with E-state index in [1.807, 2.05) is 18.2 Å². The minimum absolute atomic E-state index is 0.485. The van der Waals surface area contributed by atoms with Crippen LogP contribution in [0.2, 0.25) is 0 Å². The Hall–Kier alpha value is -0.930. The van der Waals surface area contributed by atoms with Gasteiger partial charge in [0.05, 0.1) is 0 Å². The molecule has 0 heterocycles. The highest BCUT2D eigenvalue weighted by molar-refractivity contribution is 7.80. The van der Waals surface area contributed by atoms with Crippen molar-refractivity contribution in [1.82, 2.24) is 4.90 Å². The van der Waals surface area contributed by atoms with E-state index in [0.29, 0.717) is 11.0 Å². The molecule has 2 N–H and O–H groups in total. The van der Waals surface area contributed by atoms with Gasteiger partial charge in [-0.15, -0.1) is 0 Å². The van der Waals surface area contributed by atoms with Crippen molar-refractivity contribution in [3.8, 4) is 0 Å². The van der Waals surface area contributed by atoms with Crippen LogP contribution in [-0.2, 0) is 6.54 Å². The fourth-order valence-corrected chi connectivity index (χ4v) is 2.41. The second-order valence-corrected chi connectivity index (χ2v) is 4.85. The average molecular weight is 250 g/mol. The Morgan fingerprint density at radius 3 is 2.41 bits per heavy atom. The van der Waals surface area contributed by atoms with Crippen LogP contribution in [-0.4, -0.2) is 23.0 Å². The van der Waals surface area contributed by atoms with Gasteiger partial charge in [0.1, 0.15) is 4.99 Å². The minimum Gasteiger partial charge on any atom is -0.389 e. The molecule has 0 fully saturated rings. The van der Waals surface area contributed by atoms with Crippen molar-refractivity contribution in [2.75, 3.05) is 7.05 Å². The quantitative estimate of drug-likeness (QED) is 0.787. The standard InChI is InChI=1S/C14H22N2S/c1-4-12(5-2)16(3)10-11-8-6-7-9-13(11)14(15)17/h6-9,12H,4-5,10H2,1-3H3,(H2,15,17). The molecule has 1 aromatic carbocycles.